The summed E-state index contributed by atoms with van der Waals surface area (Å²) >= 11 is 1.44. The largest absolute Gasteiger partial charge is 0.365 e. The van der Waals surface area contributed by atoms with E-state index >= 15 is 0 Å². The summed E-state index contributed by atoms with van der Waals surface area (Å²) in [5, 5.41) is 7.63. The second-order valence-electron chi connectivity index (χ2n) is 6.42. The quantitative estimate of drug-likeness (QED) is 0.854. The topological polar surface area (TPSA) is 93.2 Å². The summed E-state index contributed by atoms with van der Waals surface area (Å²) in [6.07, 6.45) is 2.54. The van der Waals surface area contributed by atoms with Crippen molar-refractivity contribution in [3.05, 3.63) is 34.0 Å². The van der Waals surface area contributed by atoms with Crippen LogP contribution in [0.4, 0.5) is 5.00 Å². The summed E-state index contributed by atoms with van der Waals surface area (Å²) in [6.45, 7) is 8.74. The first-order chi connectivity index (χ1) is 11.9. The number of amides is 2. The third-order valence-corrected chi connectivity index (χ3v) is 5.56. The van der Waals surface area contributed by atoms with Gasteiger partial charge in [-0.25, -0.2) is 0 Å². The molecular formula is C17H23N5O2S. The summed E-state index contributed by atoms with van der Waals surface area (Å²) in [4.78, 5) is 27.9. The molecule has 0 radical (unpaired) electrons. The number of nitrogens with two attached hydrogens (primary N) is 1. The van der Waals surface area contributed by atoms with E-state index in [2.05, 4.69) is 22.2 Å². The highest BCUT2D eigenvalue weighted by atomic mass is 32.1. The number of aromatic nitrogens is 2. The first-order valence-electron chi connectivity index (χ1n) is 8.43. The Morgan fingerprint density at radius 3 is 2.80 bits per heavy atom. The molecule has 1 aliphatic heterocycles. The van der Waals surface area contributed by atoms with Crippen molar-refractivity contribution in [2.45, 2.75) is 39.8 Å². The number of nitrogens with one attached hydrogen (secondary N) is 1. The fourth-order valence-electron chi connectivity index (χ4n) is 2.99. The Kier molecular flexibility index (Phi) is 4.91. The number of likely N-dealkylation sites (N-methyl/N-ethyl adjacent to an activating group) is 1. The SMILES string of the molecule is CCN1CCc2c(sc(NC(=O)c3ccn(C(C)C)n3)c2C(N)=O)C1. The van der Waals surface area contributed by atoms with Gasteiger partial charge in [0.05, 0.1) is 5.56 Å². The number of thiophene rings is 1. The Hall–Kier alpha value is -2.19. The van der Waals surface area contributed by atoms with Gasteiger partial charge in [0.1, 0.15) is 5.00 Å². The molecule has 2 aromatic rings. The van der Waals surface area contributed by atoms with Gasteiger partial charge in [-0.05, 0) is 38.4 Å². The van der Waals surface area contributed by atoms with E-state index in [4.69, 9.17) is 5.73 Å². The minimum absolute atomic E-state index is 0.178. The fourth-order valence-corrected chi connectivity index (χ4v) is 4.28. The molecule has 2 aromatic heterocycles. The number of fused-ring (bicyclic) bond motifs is 1. The van der Waals surface area contributed by atoms with E-state index in [9.17, 15) is 9.59 Å². The molecule has 0 saturated heterocycles. The van der Waals surface area contributed by atoms with Crippen LogP contribution in [0.2, 0.25) is 0 Å². The lowest BCUT2D eigenvalue weighted by molar-refractivity contribution is 0.1000. The van der Waals surface area contributed by atoms with Gasteiger partial charge >= 0.3 is 0 Å². The highest BCUT2D eigenvalue weighted by Gasteiger charge is 2.27. The van der Waals surface area contributed by atoms with Crippen LogP contribution in [-0.2, 0) is 13.0 Å². The van der Waals surface area contributed by atoms with Gasteiger partial charge in [0, 0.05) is 30.2 Å². The molecule has 0 unspecified atom stereocenters. The third kappa shape index (κ3) is 3.45. The number of carbonyl (C=O) groups excluding carboxylic acids is 2. The average molecular weight is 361 g/mol. The van der Waals surface area contributed by atoms with Gasteiger partial charge in [0.15, 0.2) is 5.69 Å². The maximum absolute atomic E-state index is 12.5. The van der Waals surface area contributed by atoms with Gasteiger partial charge in [-0.2, -0.15) is 5.10 Å². The highest BCUT2D eigenvalue weighted by molar-refractivity contribution is 7.17. The smallest absolute Gasteiger partial charge is 0.276 e. The fraction of sp³-hybridized carbons (Fsp3) is 0.471. The molecule has 1 aliphatic rings. The van der Waals surface area contributed by atoms with E-state index in [0.717, 1.165) is 36.5 Å². The van der Waals surface area contributed by atoms with Crippen LogP contribution in [0.25, 0.3) is 0 Å². The molecule has 3 rings (SSSR count). The molecule has 8 heteroatoms. The Labute approximate surface area is 150 Å². The number of nitrogens with zero attached hydrogens (tertiary/aromatic N) is 3. The first kappa shape index (κ1) is 17.6. The Balaban J connectivity index is 1.87. The number of carbonyl (C=O) groups is 2. The van der Waals surface area contributed by atoms with Gasteiger partial charge in [-0.3, -0.25) is 19.2 Å². The molecule has 3 heterocycles. The minimum Gasteiger partial charge on any atom is -0.365 e. The van der Waals surface area contributed by atoms with Crippen LogP contribution in [0.3, 0.4) is 0 Å². The van der Waals surface area contributed by atoms with Crippen LogP contribution in [0.5, 0.6) is 0 Å². The molecule has 0 fully saturated rings. The summed E-state index contributed by atoms with van der Waals surface area (Å²) in [5.41, 5.74) is 7.34. The summed E-state index contributed by atoms with van der Waals surface area (Å²) in [5.74, 6) is -0.821. The van der Waals surface area contributed by atoms with Crippen molar-refractivity contribution in [2.24, 2.45) is 5.73 Å². The zero-order valence-electron chi connectivity index (χ0n) is 14.7. The van der Waals surface area contributed by atoms with Crippen molar-refractivity contribution in [1.82, 2.24) is 14.7 Å². The Morgan fingerprint density at radius 1 is 1.44 bits per heavy atom. The van der Waals surface area contributed by atoms with Crippen molar-refractivity contribution >= 4 is 28.2 Å². The van der Waals surface area contributed by atoms with E-state index < -0.39 is 5.91 Å². The predicted octanol–water partition coefficient (Wildman–Crippen LogP) is 2.25. The van der Waals surface area contributed by atoms with Crippen molar-refractivity contribution < 1.29 is 9.59 Å². The molecule has 0 bridgehead atoms. The molecule has 0 atom stereocenters. The van der Waals surface area contributed by atoms with Crippen LogP contribution in [0, 0.1) is 0 Å². The zero-order chi connectivity index (χ0) is 18.1. The average Bonchev–Trinajstić information content (AvgIpc) is 3.18. The Bertz CT molecular complexity index is 808. The molecule has 2 amide bonds. The second kappa shape index (κ2) is 6.97. The standard InChI is InChI=1S/C17H23N5O2S/c1-4-21-7-5-11-13(9-21)25-17(14(11)15(18)23)19-16(24)12-6-8-22(20-12)10(2)3/h6,8,10H,4-5,7,9H2,1-3H3,(H2,18,23)(H,19,24). The number of rotatable bonds is 5. The lowest BCUT2D eigenvalue weighted by Crippen LogP contribution is -2.30. The number of hydrogen-bond acceptors (Lipinski definition) is 5. The number of anilines is 1. The van der Waals surface area contributed by atoms with Crippen molar-refractivity contribution in [3.63, 3.8) is 0 Å². The Morgan fingerprint density at radius 2 is 2.20 bits per heavy atom. The van der Waals surface area contributed by atoms with E-state index in [-0.39, 0.29) is 11.9 Å². The molecular weight excluding hydrogens is 338 g/mol. The minimum atomic E-state index is -0.495. The lowest BCUT2D eigenvalue weighted by Gasteiger charge is -2.25. The number of hydrogen-bond donors (Lipinski definition) is 2. The lowest BCUT2D eigenvalue weighted by atomic mass is 10.0. The van der Waals surface area contributed by atoms with Gasteiger partial charge in [-0.1, -0.05) is 6.92 Å². The van der Waals surface area contributed by atoms with Crippen LogP contribution in [0.1, 0.15) is 58.1 Å². The molecule has 25 heavy (non-hydrogen) atoms. The summed E-state index contributed by atoms with van der Waals surface area (Å²) < 4.78 is 1.72. The molecule has 134 valence electrons. The first-order valence-corrected chi connectivity index (χ1v) is 9.25. The van der Waals surface area contributed by atoms with E-state index in [0.29, 0.717) is 16.3 Å². The van der Waals surface area contributed by atoms with Crippen molar-refractivity contribution in [2.75, 3.05) is 18.4 Å². The van der Waals surface area contributed by atoms with Crippen LogP contribution < -0.4 is 11.1 Å². The maximum Gasteiger partial charge on any atom is 0.276 e. The normalized spacial score (nSPS) is 14.6. The van der Waals surface area contributed by atoms with Crippen LogP contribution >= 0.6 is 11.3 Å². The van der Waals surface area contributed by atoms with Crippen LogP contribution in [-0.4, -0.2) is 39.6 Å². The highest BCUT2D eigenvalue weighted by Crippen LogP contribution is 2.37. The van der Waals surface area contributed by atoms with E-state index in [1.807, 2.05) is 13.8 Å². The molecule has 7 nitrogen and oxygen atoms in total. The molecule has 0 aliphatic carbocycles. The van der Waals surface area contributed by atoms with Crippen LogP contribution in [0.15, 0.2) is 12.3 Å². The summed E-state index contributed by atoms with van der Waals surface area (Å²) in [6, 6.07) is 1.85. The second-order valence-corrected chi connectivity index (χ2v) is 7.52. The molecule has 3 N–H and O–H groups in total. The molecule has 0 aromatic carbocycles. The molecule has 0 saturated carbocycles. The van der Waals surface area contributed by atoms with Crippen molar-refractivity contribution in [1.29, 1.82) is 0 Å². The zero-order valence-corrected chi connectivity index (χ0v) is 15.5. The number of primary amides is 1. The van der Waals surface area contributed by atoms with Gasteiger partial charge < -0.3 is 11.1 Å². The third-order valence-electron chi connectivity index (χ3n) is 4.43. The van der Waals surface area contributed by atoms with Gasteiger partial charge in [0.25, 0.3) is 11.8 Å². The van der Waals surface area contributed by atoms with Gasteiger partial charge in [0.2, 0.25) is 0 Å². The monoisotopic (exact) mass is 361 g/mol. The van der Waals surface area contributed by atoms with E-state index in [1.165, 1.54) is 11.3 Å². The predicted molar refractivity (Wildman–Crippen MR) is 98.1 cm³/mol. The van der Waals surface area contributed by atoms with Crippen molar-refractivity contribution in [3.8, 4) is 0 Å². The maximum atomic E-state index is 12.5. The summed E-state index contributed by atoms with van der Waals surface area (Å²) in [7, 11) is 0. The van der Waals surface area contributed by atoms with Gasteiger partial charge in [-0.15, -0.1) is 11.3 Å². The molecule has 0 spiro atoms. The van der Waals surface area contributed by atoms with E-state index in [1.54, 1.807) is 16.9 Å².